The lowest BCUT2D eigenvalue weighted by Gasteiger charge is -2.49. The summed E-state index contributed by atoms with van der Waals surface area (Å²) in [6, 6.07) is 8.88. The van der Waals surface area contributed by atoms with Crippen molar-refractivity contribution < 1.29 is 4.39 Å². The summed E-state index contributed by atoms with van der Waals surface area (Å²) in [5.74, 6) is 0.293. The fourth-order valence-electron chi connectivity index (χ4n) is 2.57. The maximum absolute atomic E-state index is 13.2. The van der Waals surface area contributed by atoms with Crippen molar-refractivity contribution in [2.24, 2.45) is 11.3 Å². The number of rotatable bonds is 1. The number of nitriles is 1. The van der Waals surface area contributed by atoms with Crippen LogP contribution in [0.15, 0.2) is 24.3 Å². The normalized spacial score (nSPS) is 28.3. The van der Waals surface area contributed by atoms with Gasteiger partial charge in [-0.2, -0.15) is 5.26 Å². The molecule has 0 atom stereocenters. The second-order valence-corrected chi connectivity index (χ2v) is 6.18. The minimum absolute atomic E-state index is 0.230. The third kappa shape index (κ3) is 2.07. The number of nitrogens with zero attached hydrogens (tertiary/aromatic N) is 1. The summed E-state index contributed by atoms with van der Waals surface area (Å²) < 4.78 is 13.2. The van der Waals surface area contributed by atoms with Crippen LogP contribution in [0.3, 0.4) is 0 Å². The molecule has 0 N–H and O–H groups in total. The Morgan fingerprint density at radius 1 is 1.35 bits per heavy atom. The topological polar surface area (TPSA) is 23.8 Å². The van der Waals surface area contributed by atoms with Crippen LogP contribution in [0.5, 0.6) is 0 Å². The summed E-state index contributed by atoms with van der Waals surface area (Å²) in [7, 11) is 0. The molecular weight excluding hydrogens is 213 g/mol. The summed E-state index contributed by atoms with van der Waals surface area (Å²) in [4.78, 5) is 0. The fourth-order valence-corrected chi connectivity index (χ4v) is 2.57. The first kappa shape index (κ1) is 12.1. The van der Waals surface area contributed by atoms with Crippen molar-refractivity contribution >= 4 is 0 Å². The van der Waals surface area contributed by atoms with Crippen molar-refractivity contribution in [3.8, 4) is 6.07 Å². The molecule has 1 nitrogen and oxygen atoms in total. The molecule has 1 fully saturated rings. The molecule has 0 amide bonds. The molecule has 90 valence electrons. The maximum atomic E-state index is 13.2. The quantitative estimate of drug-likeness (QED) is 0.715. The van der Waals surface area contributed by atoms with E-state index in [-0.39, 0.29) is 11.2 Å². The molecule has 0 aromatic heterocycles. The van der Waals surface area contributed by atoms with Crippen LogP contribution in [-0.2, 0) is 5.41 Å². The van der Waals surface area contributed by atoms with Gasteiger partial charge in [-0.25, -0.2) is 4.39 Å². The van der Waals surface area contributed by atoms with Crippen LogP contribution in [-0.4, -0.2) is 0 Å². The van der Waals surface area contributed by atoms with E-state index in [9.17, 15) is 9.65 Å². The molecule has 17 heavy (non-hydrogen) atoms. The van der Waals surface area contributed by atoms with Crippen LogP contribution in [0.1, 0.15) is 39.2 Å². The predicted molar refractivity (Wildman–Crippen MR) is 65.9 cm³/mol. The van der Waals surface area contributed by atoms with E-state index in [2.05, 4.69) is 26.8 Å². The maximum Gasteiger partial charge on any atom is 0.123 e. The van der Waals surface area contributed by atoms with Gasteiger partial charge in [-0.3, -0.25) is 0 Å². The molecule has 1 saturated carbocycles. The lowest BCUT2D eigenvalue weighted by atomic mass is 9.53. The molecule has 0 spiro atoms. The van der Waals surface area contributed by atoms with Crippen molar-refractivity contribution in [3.05, 3.63) is 35.6 Å². The minimum atomic E-state index is -0.458. The first-order chi connectivity index (χ1) is 7.87. The van der Waals surface area contributed by atoms with E-state index in [4.69, 9.17) is 0 Å². The van der Waals surface area contributed by atoms with Crippen LogP contribution in [0.2, 0.25) is 0 Å². The SMILES string of the molecule is CC(C)(C)C1CC(C#N)(c2cccc(F)c2)C1. The second kappa shape index (κ2) is 3.84. The van der Waals surface area contributed by atoms with Crippen molar-refractivity contribution in [2.75, 3.05) is 0 Å². The van der Waals surface area contributed by atoms with Crippen LogP contribution in [0.25, 0.3) is 0 Å². The van der Waals surface area contributed by atoms with E-state index in [0.717, 1.165) is 18.4 Å². The summed E-state index contributed by atoms with van der Waals surface area (Å²) in [6.07, 6.45) is 1.69. The summed E-state index contributed by atoms with van der Waals surface area (Å²) in [5, 5.41) is 9.39. The molecule has 1 aromatic carbocycles. The smallest absolute Gasteiger partial charge is 0.123 e. The Hall–Kier alpha value is -1.36. The van der Waals surface area contributed by atoms with Crippen molar-refractivity contribution in [1.82, 2.24) is 0 Å². The van der Waals surface area contributed by atoms with Gasteiger partial charge < -0.3 is 0 Å². The lowest BCUT2D eigenvalue weighted by molar-refractivity contribution is 0.0781. The second-order valence-electron chi connectivity index (χ2n) is 6.18. The Bertz CT molecular complexity index is 459. The van der Waals surface area contributed by atoms with Crippen LogP contribution < -0.4 is 0 Å². The summed E-state index contributed by atoms with van der Waals surface area (Å²) in [6.45, 7) is 6.60. The van der Waals surface area contributed by atoms with Gasteiger partial charge in [0.1, 0.15) is 5.82 Å². The Morgan fingerprint density at radius 3 is 2.47 bits per heavy atom. The van der Waals surface area contributed by atoms with E-state index in [1.807, 2.05) is 6.07 Å². The highest BCUT2D eigenvalue weighted by molar-refractivity contribution is 5.36. The third-order valence-corrected chi connectivity index (χ3v) is 4.01. The molecule has 0 heterocycles. The van der Waals surface area contributed by atoms with Gasteiger partial charge in [-0.05, 0) is 41.9 Å². The van der Waals surface area contributed by atoms with Gasteiger partial charge in [0.25, 0.3) is 0 Å². The van der Waals surface area contributed by atoms with Gasteiger partial charge in [0.2, 0.25) is 0 Å². The Morgan fingerprint density at radius 2 is 2.00 bits per heavy atom. The zero-order valence-corrected chi connectivity index (χ0v) is 10.6. The summed E-state index contributed by atoms with van der Waals surface area (Å²) in [5.41, 5.74) is 0.605. The largest absolute Gasteiger partial charge is 0.207 e. The lowest BCUT2D eigenvalue weighted by Crippen LogP contribution is -2.45. The fraction of sp³-hybridized carbons (Fsp3) is 0.533. The van der Waals surface area contributed by atoms with Gasteiger partial charge in [-0.1, -0.05) is 32.9 Å². The average molecular weight is 231 g/mol. The van der Waals surface area contributed by atoms with Gasteiger partial charge in [-0.15, -0.1) is 0 Å². The number of hydrogen-bond acceptors (Lipinski definition) is 1. The first-order valence-electron chi connectivity index (χ1n) is 6.05. The van der Waals surface area contributed by atoms with Crippen LogP contribution in [0, 0.1) is 28.5 Å². The Balaban J connectivity index is 2.24. The van der Waals surface area contributed by atoms with Crippen molar-refractivity contribution in [3.63, 3.8) is 0 Å². The highest BCUT2D eigenvalue weighted by Crippen LogP contribution is 2.53. The number of halogens is 1. The van der Waals surface area contributed by atoms with Gasteiger partial charge >= 0.3 is 0 Å². The molecule has 0 bridgehead atoms. The zero-order valence-electron chi connectivity index (χ0n) is 10.6. The van der Waals surface area contributed by atoms with Crippen molar-refractivity contribution in [1.29, 1.82) is 5.26 Å². The van der Waals surface area contributed by atoms with Crippen LogP contribution in [0.4, 0.5) is 4.39 Å². The monoisotopic (exact) mass is 231 g/mol. The van der Waals surface area contributed by atoms with Gasteiger partial charge in [0.15, 0.2) is 0 Å². The molecule has 2 rings (SSSR count). The number of benzene rings is 1. The van der Waals surface area contributed by atoms with Crippen molar-refractivity contribution in [2.45, 2.75) is 39.0 Å². The van der Waals surface area contributed by atoms with E-state index in [1.165, 1.54) is 12.1 Å². The Labute approximate surface area is 102 Å². The molecular formula is C15H18FN. The van der Waals surface area contributed by atoms with E-state index >= 15 is 0 Å². The molecule has 0 saturated heterocycles. The predicted octanol–water partition coefficient (Wildman–Crippen LogP) is 4.04. The van der Waals surface area contributed by atoms with Crippen LogP contribution >= 0.6 is 0 Å². The van der Waals surface area contributed by atoms with Gasteiger partial charge in [0, 0.05) is 0 Å². The molecule has 2 heteroatoms. The van der Waals surface area contributed by atoms with E-state index < -0.39 is 5.41 Å². The minimum Gasteiger partial charge on any atom is -0.207 e. The molecule has 0 aliphatic heterocycles. The zero-order chi connectivity index (χ0) is 12.7. The van der Waals surface area contributed by atoms with E-state index in [0.29, 0.717) is 5.92 Å². The molecule has 1 aromatic rings. The molecule has 1 aliphatic carbocycles. The molecule has 0 radical (unpaired) electrons. The van der Waals surface area contributed by atoms with E-state index in [1.54, 1.807) is 6.07 Å². The highest BCUT2D eigenvalue weighted by Gasteiger charge is 2.50. The molecule has 0 unspecified atom stereocenters. The summed E-state index contributed by atoms with van der Waals surface area (Å²) >= 11 is 0. The first-order valence-corrected chi connectivity index (χ1v) is 6.05. The highest BCUT2D eigenvalue weighted by atomic mass is 19.1. The number of hydrogen-bond donors (Lipinski definition) is 0. The third-order valence-electron chi connectivity index (χ3n) is 4.01. The standard InChI is InChI=1S/C15H18FN/c1-14(2,3)12-8-15(9-12,10-17)11-5-4-6-13(16)7-11/h4-7,12H,8-9H2,1-3H3. The van der Waals surface area contributed by atoms with Gasteiger partial charge in [0.05, 0.1) is 11.5 Å². The molecule has 1 aliphatic rings. The average Bonchev–Trinajstić information content (AvgIpc) is 2.15. The Kier molecular flexibility index (Phi) is 2.73.